The molecular weight excluding hydrogens is 313 g/mol. The van der Waals surface area contributed by atoms with Gasteiger partial charge in [0.15, 0.2) is 5.82 Å². The summed E-state index contributed by atoms with van der Waals surface area (Å²) in [6, 6.07) is 0. The lowest BCUT2D eigenvalue weighted by atomic mass is 10.1. The molecule has 3 rings (SSSR count). The number of carbonyl (C=O) groups excluding carboxylic acids is 1. The van der Waals surface area contributed by atoms with Crippen molar-refractivity contribution in [3.8, 4) is 0 Å². The van der Waals surface area contributed by atoms with Crippen LogP contribution in [-0.2, 0) is 4.79 Å². The zero-order valence-electron chi connectivity index (χ0n) is 10.2. The summed E-state index contributed by atoms with van der Waals surface area (Å²) in [5.74, 6) is -0.390. The normalized spacial score (nSPS) is 16.1. The SMILES string of the molecule is O=C(Nc1c[nH]c2ncc(Br)c(F)c12)C1CCCC1. The lowest BCUT2D eigenvalue weighted by Gasteiger charge is -2.09. The van der Waals surface area contributed by atoms with Crippen LogP contribution in [0.1, 0.15) is 25.7 Å². The largest absolute Gasteiger partial charge is 0.344 e. The number of amides is 1. The Hall–Kier alpha value is -1.43. The molecule has 0 bridgehead atoms. The molecule has 0 radical (unpaired) electrons. The van der Waals surface area contributed by atoms with E-state index in [1.807, 2.05) is 0 Å². The molecule has 0 unspecified atom stereocenters. The van der Waals surface area contributed by atoms with E-state index in [1.165, 1.54) is 6.20 Å². The highest BCUT2D eigenvalue weighted by atomic mass is 79.9. The molecule has 1 fully saturated rings. The molecule has 2 heterocycles. The van der Waals surface area contributed by atoms with Crippen molar-refractivity contribution in [1.29, 1.82) is 0 Å². The van der Waals surface area contributed by atoms with Gasteiger partial charge in [0.25, 0.3) is 0 Å². The molecule has 1 saturated carbocycles. The lowest BCUT2D eigenvalue weighted by molar-refractivity contribution is -0.119. The highest BCUT2D eigenvalue weighted by Crippen LogP contribution is 2.31. The molecule has 2 N–H and O–H groups in total. The molecule has 2 aromatic heterocycles. The van der Waals surface area contributed by atoms with Crippen LogP contribution >= 0.6 is 15.9 Å². The first-order valence-corrected chi connectivity index (χ1v) is 7.08. The van der Waals surface area contributed by atoms with E-state index in [-0.39, 0.29) is 16.3 Å². The van der Waals surface area contributed by atoms with Gasteiger partial charge in [0.1, 0.15) is 5.65 Å². The minimum Gasteiger partial charge on any atom is -0.344 e. The van der Waals surface area contributed by atoms with E-state index in [9.17, 15) is 9.18 Å². The summed E-state index contributed by atoms with van der Waals surface area (Å²) in [4.78, 5) is 19.0. The number of carbonyl (C=O) groups is 1. The molecule has 0 aliphatic heterocycles. The topological polar surface area (TPSA) is 57.8 Å². The molecule has 0 spiro atoms. The highest BCUT2D eigenvalue weighted by Gasteiger charge is 2.24. The molecule has 0 aromatic carbocycles. The van der Waals surface area contributed by atoms with E-state index in [0.29, 0.717) is 16.7 Å². The van der Waals surface area contributed by atoms with Crippen molar-refractivity contribution in [1.82, 2.24) is 9.97 Å². The molecule has 4 nitrogen and oxygen atoms in total. The number of aromatic amines is 1. The number of pyridine rings is 1. The Morgan fingerprint density at radius 1 is 1.47 bits per heavy atom. The third-order valence-corrected chi connectivity index (χ3v) is 4.13. The second-order valence-electron chi connectivity index (χ2n) is 4.82. The number of aromatic nitrogens is 2. The Balaban J connectivity index is 1.92. The van der Waals surface area contributed by atoms with Gasteiger partial charge >= 0.3 is 0 Å². The van der Waals surface area contributed by atoms with Crippen molar-refractivity contribution in [2.45, 2.75) is 25.7 Å². The molecule has 1 aliphatic carbocycles. The van der Waals surface area contributed by atoms with Crippen molar-refractivity contribution in [3.05, 3.63) is 22.7 Å². The fourth-order valence-corrected chi connectivity index (χ4v) is 2.86. The zero-order valence-corrected chi connectivity index (χ0v) is 11.8. The van der Waals surface area contributed by atoms with Gasteiger partial charge in [-0.15, -0.1) is 0 Å². The van der Waals surface area contributed by atoms with Crippen LogP contribution in [0.2, 0.25) is 0 Å². The van der Waals surface area contributed by atoms with Crippen molar-refractivity contribution in [3.63, 3.8) is 0 Å². The second-order valence-corrected chi connectivity index (χ2v) is 5.67. The average molecular weight is 326 g/mol. The van der Waals surface area contributed by atoms with Crippen LogP contribution in [0.3, 0.4) is 0 Å². The summed E-state index contributed by atoms with van der Waals surface area (Å²) in [5.41, 5.74) is 0.889. The smallest absolute Gasteiger partial charge is 0.227 e. The first kappa shape index (κ1) is 12.6. The fraction of sp³-hybridized carbons (Fsp3) is 0.385. The van der Waals surface area contributed by atoms with Crippen LogP contribution in [0.15, 0.2) is 16.9 Å². The summed E-state index contributed by atoms with van der Waals surface area (Å²) < 4.78 is 14.3. The van der Waals surface area contributed by atoms with E-state index in [4.69, 9.17) is 0 Å². The summed E-state index contributed by atoms with van der Waals surface area (Å²) in [6.45, 7) is 0. The van der Waals surface area contributed by atoms with Crippen molar-refractivity contribution in [2.75, 3.05) is 5.32 Å². The number of H-pyrrole nitrogens is 1. The van der Waals surface area contributed by atoms with Crippen molar-refractivity contribution >= 4 is 38.6 Å². The Morgan fingerprint density at radius 3 is 2.95 bits per heavy atom. The predicted molar refractivity (Wildman–Crippen MR) is 74.3 cm³/mol. The van der Waals surface area contributed by atoms with E-state index in [2.05, 4.69) is 31.2 Å². The van der Waals surface area contributed by atoms with E-state index >= 15 is 0 Å². The van der Waals surface area contributed by atoms with E-state index < -0.39 is 5.82 Å². The Bertz CT molecular complexity index is 634. The average Bonchev–Trinajstić information content (AvgIpc) is 3.03. The summed E-state index contributed by atoms with van der Waals surface area (Å²) >= 11 is 3.10. The standard InChI is InChI=1S/C13H13BrFN3O/c14-8-5-16-12-10(11(8)15)9(6-17-12)18-13(19)7-3-1-2-4-7/h5-7H,1-4H2,(H,16,17)(H,18,19). The maximum Gasteiger partial charge on any atom is 0.227 e. The van der Waals surface area contributed by atoms with E-state index in [1.54, 1.807) is 6.20 Å². The van der Waals surface area contributed by atoms with Gasteiger partial charge in [0.05, 0.1) is 15.5 Å². The van der Waals surface area contributed by atoms with Crippen LogP contribution in [-0.4, -0.2) is 15.9 Å². The molecular formula is C13H13BrFN3O. The molecule has 1 aliphatic rings. The van der Waals surface area contributed by atoms with Gasteiger partial charge in [-0.3, -0.25) is 4.79 Å². The minimum absolute atomic E-state index is 0.0298. The van der Waals surface area contributed by atoms with Crippen molar-refractivity contribution < 1.29 is 9.18 Å². The summed E-state index contributed by atoms with van der Waals surface area (Å²) in [5, 5.41) is 3.12. The number of halogens is 2. The van der Waals surface area contributed by atoms with Gasteiger partial charge in [-0.25, -0.2) is 9.37 Å². The summed E-state index contributed by atoms with van der Waals surface area (Å²) in [7, 11) is 0. The van der Waals surface area contributed by atoms with Gasteiger partial charge < -0.3 is 10.3 Å². The summed E-state index contributed by atoms with van der Waals surface area (Å²) in [6.07, 6.45) is 6.99. The van der Waals surface area contributed by atoms with Crippen LogP contribution in [0.25, 0.3) is 11.0 Å². The van der Waals surface area contributed by atoms with Gasteiger partial charge in [-0.05, 0) is 28.8 Å². The van der Waals surface area contributed by atoms with Crippen LogP contribution in [0, 0.1) is 11.7 Å². The quantitative estimate of drug-likeness (QED) is 0.886. The maximum atomic E-state index is 14.1. The third kappa shape index (κ3) is 2.25. The second kappa shape index (κ2) is 4.92. The fourth-order valence-electron chi connectivity index (χ4n) is 2.56. The third-order valence-electron chi connectivity index (χ3n) is 3.58. The number of rotatable bonds is 2. The zero-order chi connectivity index (χ0) is 13.4. The van der Waals surface area contributed by atoms with Crippen LogP contribution in [0.5, 0.6) is 0 Å². The van der Waals surface area contributed by atoms with Gasteiger partial charge in [-0.2, -0.15) is 0 Å². The van der Waals surface area contributed by atoms with Gasteiger partial charge in [0.2, 0.25) is 5.91 Å². The van der Waals surface area contributed by atoms with Gasteiger partial charge in [0, 0.05) is 18.3 Å². The highest BCUT2D eigenvalue weighted by molar-refractivity contribution is 9.10. The number of hydrogen-bond donors (Lipinski definition) is 2. The Kier molecular flexibility index (Phi) is 3.26. The Morgan fingerprint density at radius 2 is 2.21 bits per heavy atom. The first-order valence-electron chi connectivity index (χ1n) is 6.29. The molecule has 2 aromatic rings. The predicted octanol–water partition coefficient (Wildman–Crippen LogP) is 3.59. The first-order chi connectivity index (χ1) is 9.16. The number of fused-ring (bicyclic) bond motifs is 1. The number of nitrogens with zero attached hydrogens (tertiary/aromatic N) is 1. The van der Waals surface area contributed by atoms with Gasteiger partial charge in [-0.1, -0.05) is 12.8 Å². The molecule has 0 saturated heterocycles. The van der Waals surface area contributed by atoms with E-state index in [0.717, 1.165) is 25.7 Å². The van der Waals surface area contributed by atoms with Crippen LogP contribution in [0.4, 0.5) is 10.1 Å². The van der Waals surface area contributed by atoms with Crippen molar-refractivity contribution in [2.24, 2.45) is 5.92 Å². The number of hydrogen-bond acceptors (Lipinski definition) is 2. The Labute approximate surface area is 117 Å². The molecule has 100 valence electrons. The molecule has 6 heteroatoms. The molecule has 19 heavy (non-hydrogen) atoms. The van der Waals surface area contributed by atoms with Crippen LogP contribution < -0.4 is 5.32 Å². The number of anilines is 1. The lowest BCUT2D eigenvalue weighted by Crippen LogP contribution is -2.20. The maximum absolute atomic E-state index is 14.1. The monoisotopic (exact) mass is 325 g/mol. The number of nitrogens with one attached hydrogen (secondary N) is 2. The molecule has 1 amide bonds. The molecule has 0 atom stereocenters. The minimum atomic E-state index is -0.409.